The second-order valence-electron chi connectivity index (χ2n) is 5.50. The van der Waals surface area contributed by atoms with Crippen molar-refractivity contribution < 1.29 is 19.1 Å². The van der Waals surface area contributed by atoms with E-state index in [2.05, 4.69) is 5.32 Å². The van der Waals surface area contributed by atoms with Crippen molar-refractivity contribution in [1.82, 2.24) is 10.2 Å². The molecule has 0 fully saturated rings. The summed E-state index contributed by atoms with van der Waals surface area (Å²) in [5.74, 6) is -0.874. The number of rotatable bonds is 5. The summed E-state index contributed by atoms with van der Waals surface area (Å²) in [6.07, 6.45) is 0.823. The first-order valence-electron chi connectivity index (χ1n) is 8.11. The third-order valence-electron chi connectivity index (χ3n) is 3.71. The highest BCUT2D eigenvalue weighted by molar-refractivity contribution is 6.11. The highest BCUT2D eigenvalue weighted by Gasteiger charge is 2.38. The maximum atomic E-state index is 12.5. The molecule has 0 saturated heterocycles. The van der Waals surface area contributed by atoms with Crippen LogP contribution >= 0.6 is 0 Å². The number of carbonyl (C=O) groups is 3. The van der Waals surface area contributed by atoms with E-state index in [1.165, 1.54) is 0 Å². The summed E-state index contributed by atoms with van der Waals surface area (Å²) in [6, 6.07) is 7.90. The van der Waals surface area contributed by atoms with Crippen LogP contribution in [-0.4, -0.2) is 35.5 Å². The van der Waals surface area contributed by atoms with E-state index in [1.54, 1.807) is 38.1 Å². The molecule has 1 aromatic carbocycles. The molecule has 3 amide bonds. The van der Waals surface area contributed by atoms with E-state index in [-0.39, 0.29) is 24.5 Å². The van der Waals surface area contributed by atoms with Crippen LogP contribution in [0, 0.1) is 0 Å². The number of carbonyl (C=O) groups excluding carboxylic acids is 3. The van der Waals surface area contributed by atoms with Crippen LogP contribution in [-0.2, 0) is 14.3 Å². The standard InChI is InChI=1S/C18H22N2O4/c1-4-9-14(21)20-16(13-10-7-6-8-11-13)15(17(22)24-5-2)12(3)19-18(20)23/h6-8,10-12H,4-5,9H2,1-3H3,(H,19,23). The average molecular weight is 330 g/mol. The molecule has 0 saturated carbocycles. The number of hydrogen-bond acceptors (Lipinski definition) is 4. The maximum absolute atomic E-state index is 12.5. The van der Waals surface area contributed by atoms with Crippen LogP contribution in [0.3, 0.4) is 0 Å². The van der Waals surface area contributed by atoms with Crippen molar-refractivity contribution in [2.24, 2.45) is 0 Å². The first kappa shape index (κ1) is 17.7. The summed E-state index contributed by atoms with van der Waals surface area (Å²) in [5, 5.41) is 2.67. The van der Waals surface area contributed by atoms with Crippen LogP contribution in [0.1, 0.15) is 39.2 Å². The topological polar surface area (TPSA) is 75.7 Å². The van der Waals surface area contributed by atoms with E-state index in [1.807, 2.05) is 13.0 Å². The fraction of sp³-hybridized carbons (Fsp3) is 0.389. The van der Waals surface area contributed by atoms with Gasteiger partial charge < -0.3 is 10.1 Å². The second kappa shape index (κ2) is 7.77. The lowest BCUT2D eigenvalue weighted by Crippen LogP contribution is -2.52. The summed E-state index contributed by atoms with van der Waals surface area (Å²) < 4.78 is 5.14. The third-order valence-corrected chi connectivity index (χ3v) is 3.71. The zero-order valence-electron chi connectivity index (χ0n) is 14.2. The van der Waals surface area contributed by atoms with E-state index in [0.717, 1.165) is 4.90 Å². The van der Waals surface area contributed by atoms with Gasteiger partial charge in [-0.05, 0) is 25.8 Å². The number of benzene rings is 1. The maximum Gasteiger partial charge on any atom is 0.338 e. The van der Waals surface area contributed by atoms with Gasteiger partial charge in [0.15, 0.2) is 0 Å². The zero-order chi connectivity index (χ0) is 17.7. The number of hydrogen-bond donors (Lipinski definition) is 1. The van der Waals surface area contributed by atoms with Gasteiger partial charge in [-0.15, -0.1) is 0 Å². The minimum absolute atomic E-state index is 0.216. The molecule has 0 aromatic heterocycles. The van der Waals surface area contributed by atoms with Gasteiger partial charge in [0.2, 0.25) is 5.91 Å². The van der Waals surface area contributed by atoms with E-state index >= 15 is 0 Å². The van der Waals surface area contributed by atoms with Gasteiger partial charge in [0.1, 0.15) is 0 Å². The molecule has 1 unspecified atom stereocenters. The van der Waals surface area contributed by atoms with Crippen LogP contribution in [0.5, 0.6) is 0 Å². The Morgan fingerprint density at radius 1 is 1.21 bits per heavy atom. The number of urea groups is 1. The number of nitrogens with one attached hydrogen (secondary N) is 1. The van der Waals surface area contributed by atoms with Crippen LogP contribution in [0.2, 0.25) is 0 Å². The van der Waals surface area contributed by atoms with Gasteiger partial charge >= 0.3 is 12.0 Å². The van der Waals surface area contributed by atoms with Crippen molar-refractivity contribution in [2.75, 3.05) is 6.61 Å². The Balaban J connectivity index is 2.66. The van der Waals surface area contributed by atoms with Crippen molar-refractivity contribution in [3.63, 3.8) is 0 Å². The van der Waals surface area contributed by atoms with Crippen molar-refractivity contribution >= 4 is 23.6 Å². The third kappa shape index (κ3) is 3.48. The van der Waals surface area contributed by atoms with Gasteiger partial charge in [0.05, 0.1) is 23.9 Å². The lowest BCUT2D eigenvalue weighted by atomic mass is 9.97. The largest absolute Gasteiger partial charge is 0.463 e. The monoisotopic (exact) mass is 330 g/mol. The number of amides is 3. The molecule has 24 heavy (non-hydrogen) atoms. The van der Waals surface area contributed by atoms with Crippen molar-refractivity contribution in [3.8, 4) is 0 Å². The van der Waals surface area contributed by atoms with Gasteiger partial charge in [-0.25, -0.2) is 14.5 Å². The van der Waals surface area contributed by atoms with E-state index in [0.29, 0.717) is 17.7 Å². The molecule has 1 N–H and O–H groups in total. The van der Waals surface area contributed by atoms with Gasteiger partial charge in [0, 0.05) is 6.42 Å². The number of ether oxygens (including phenoxy) is 1. The molecule has 128 valence electrons. The van der Waals surface area contributed by atoms with Crippen LogP contribution in [0.15, 0.2) is 35.9 Å². The molecule has 0 radical (unpaired) electrons. The first-order chi connectivity index (χ1) is 11.5. The Kier molecular flexibility index (Phi) is 5.73. The molecule has 1 heterocycles. The smallest absolute Gasteiger partial charge is 0.338 e. The Morgan fingerprint density at radius 3 is 2.46 bits per heavy atom. The molecular formula is C18H22N2O4. The first-order valence-corrected chi connectivity index (χ1v) is 8.11. The van der Waals surface area contributed by atoms with Crippen molar-refractivity contribution in [1.29, 1.82) is 0 Å². The molecule has 1 aliphatic rings. The Bertz CT molecular complexity index is 667. The number of nitrogens with zero attached hydrogens (tertiary/aromatic N) is 1. The van der Waals surface area contributed by atoms with E-state index in [4.69, 9.17) is 4.74 Å². The zero-order valence-corrected chi connectivity index (χ0v) is 14.2. The Hall–Kier alpha value is -2.63. The molecule has 0 aliphatic carbocycles. The summed E-state index contributed by atoms with van der Waals surface area (Å²) in [6.45, 7) is 5.50. The highest BCUT2D eigenvalue weighted by atomic mass is 16.5. The predicted octanol–water partition coefficient (Wildman–Crippen LogP) is 2.70. The highest BCUT2D eigenvalue weighted by Crippen LogP contribution is 2.30. The Morgan fingerprint density at radius 2 is 1.88 bits per heavy atom. The minimum Gasteiger partial charge on any atom is -0.463 e. The van der Waals surface area contributed by atoms with Gasteiger partial charge in [-0.2, -0.15) is 0 Å². The molecule has 6 nitrogen and oxygen atoms in total. The quantitative estimate of drug-likeness (QED) is 0.842. The molecule has 2 rings (SSSR count). The predicted molar refractivity (Wildman–Crippen MR) is 89.7 cm³/mol. The summed E-state index contributed by atoms with van der Waals surface area (Å²) in [4.78, 5) is 38.5. The molecular weight excluding hydrogens is 308 g/mol. The molecule has 1 aliphatic heterocycles. The molecule has 0 bridgehead atoms. The van der Waals surface area contributed by atoms with E-state index in [9.17, 15) is 14.4 Å². The average Bonchev–Trinajstić information content (AvgIpc) is 2.55. The molecule has 6 heteroatoms. The Labute approximate surface area is 141 Å². The van der Waals surface area contributed by atoms with Crippen LogP contribution < -0.4 is 5.32 Å². The van der Waals surface area contributed by atoms with E-state index < -0.39 is 18.0 Å². The van der Waals surface area contributed by atoms with Gasteiger partial charge in [-0.3, -0.25) is 4.79 Å². The SMILES string of the molecule is CCCC(=O)N1C(=O)NC(C)C(C(=O)OCC)=C1c1ccccc1. The fourth-order valence-electron chi connectivity index (χ4n) is 2.68. The fourth-order valence-corrected chi connectivity index (χ4v) is 2.68. The lowest BCUT2D eigenvalue weighted by molar-refractivity contribution is -0.138. The summed E-state index contributed by atoms with van der Waals surface area (Å²) in [5.41, 5.74) is 1.22. The van der Waals surface area contributed by atoms with Gasteiger partial charge in [0.25, 0.3) is 0 Å². The minimum atomic E-state index is -0.544. The summed E-state index contributed by atoms with van der Waals surface area (Å²) in [7, 11) is 0. The lowest BCUT2D eigenvalue weighted by Gasteiger charge is -2.34. The molecule has 1 atom stereocenters. The van der Waals surface area contributed by atoms with Crippen molar-refractivity contribution in [3.05, 3.63) is 41.5 Å². The van der Waals surface area contributed by atoms with Crippen LogP contribution in [0.4, 0.5) is 4.79 Å². The van der Waals surface area contributed by atoms with Crippen molar-refractivity contribution in [2.45, 2.75) is 39.7 Å². The van der Waals surface area contributed by atoms with Gasteiger partial charge in [-0.1, -0.05) is 37.3 Å². The summed E-state index contributed by atoms with van der Waals surface area (Å²) >= 11 is 0. The molecule has 0 spiro atoms. The second-order valence-corrected chi connectivity index (χ2v) is 5.50. The molecule has 1 aromatic rings. The normalized spacial score (nSPS) is 17.5. The number of imide groups is 1. The number of esters is 1. The van der Waals surface area contributed by atoms with Crippen LogP contribution in [0.25, 0.3) is 5.70 Å².